The predicted octanol–water partition coefficient (Wildman–Crippen LogP) is 7.93. The molecule has 2 amide bonds. The minimum absolute atomic E-state index is 0.369. The molecule has 1 aliphatic carbocycles. The van der Waals surface area contributed by atoms with Crippen LogP contribution in [-0.4, -0.2) is 23.9 Å². The number of hydrogen-bond donors (Lipinski definition) is 2. The van der Waals surface area contributed by atoms with Gasteiger partial charge < -0.3 is 24.8 Å². The summed E-state index contributed by atoms with van der Waals surface area (Å²) in [5.74, 6) is 1.18. The number of benzene rings is 3. The van der Waals surface area contributed by atoms with Crippen molar-refractivity contribution in [2.24, 2.45) is 5.41 Å². The number of carbonyl (C=O) groups is 2. The summed E-state index contributed by atoms with van der Waals surface area (Å²) >= 11 is 0. The number of halogens is 1. The van der Waals surface area contributed by atoms with Crippen LogP contribution in [0.15, 0.2) is 96.6 Å². The summed E-state index contributed by atoms with van der Waals surface area (Å²) in [6.45, 7) is 5.45. The van der Waals surface area contributed by atoms with Gasteiger partial charge in [0, 0.05) is 29.0 Å². The van der Waals surface area contributed by atoms with Crippen molar-refractivity contribution in [3.63, 3.8) is 0 Å². The molecule has 0 radical (unpaired) electrons. The highest BCUT2D eigenvalue weighted by Gasteiger charge is 2.56. The number of anilines is 1. The topological polar surface area (TPSA) is 98.8 Å². The molecule has 1 fully saturated rings. The van der Waals surface area contributed by atoms with E-state index in [2.05, 4.69) is 15.6 Å². The molecule has 4 aromatic rings. The number of ether oxygens (including phenoxy) is 3. The normalized spacial score (nSPS) is 14.1. The van der Waals surface area contributed by atoms with E-state index in [1.807, 2.05) is 56.3 Å². The third-order valence-corrected chi connectivity index (χ3v) is 7.67. The average Bonchev–Trinajstić information content (AvgIpc) is 3.86. The molecule has 3 aromatic carbocycles. The Bertz CT molecular complexity index is 1780. The van der Waals surface area contributed by atoms with Crippen molar-refractivity contribution in [2.75, 3.05) is 12.4 Å². The summed E-state index contributed by atoms with van der Waals surface area (Å²) in [5.41, 5.74) is 2.45. The van der Waals surface area contributed by atoms with Gasteiger partial charge in [-0.1, -0.05) is 37.3 Å². The number of hydrogen-bond acceptors (Lipinski definition) is 6. The minimum atomic E-state index is -1.15. The lowest BCUT2D eigenvalue weighted by molar-refractivity contribution is -0.133. The molecular weight excluding hydrogens is 573 g/mol. The van der Waals surface area contributed by atoms with Gasteiger partial charge in [-0.2, -0.15) is 0 Å². The zero-order valence-electron chi connectivity index (χ0n) is 25.8. The molecule has 0 saturated heterocycles. The number of methoxy groups -OCH3 is 1. The lowest BCUT2D eigenvalue weighted by atomic mass is 10.0. The highest BCUT2D eigenvalue weighted by Crippen LogP contribution is 2.47. The Morgan fingerprint density at radius 3 is 2.40 bits per heavy atom. The van der Waals surface area contributed by atoms with E-state index in [1.54, 1.807) is 37.6 Å². The van der Waals surface area contributed by atoms with Crippen molar-refractivity contribution in [3.8, 4) is 23.0 Å². The van der Waals surface area contributed by atoms with Crippen LogP contribution in [0.5, 0.6) is 23.0 Å². The number of aryl methyl sites for hydroxylation is 1. The molecule has 1 aromatic heterocycles. The van der Waals surface area contributed by atoms with E-state index in [4.69, 9.17) is 14.2 Å². The molecule has 45 heavy (non-hydrogen) atoms. The molecule has 0 unspecified atom stereocenters. The van der Waals surface area contributed by atoms with Gasteiger partial charge in [-0.25, -0.2) is 4.39 Å². The summed E-state index contributed by atoms with van der Waals surface area (Å²) in [6.07, 6.45) is 5.86. The largest absolute Gasteiger partial charge is 0.493 e. The fourth-order valence-corrected chi connectivity index (χ4v) is 4.85. The Morgan fingerprint density at radius 2 is 1.73 bits per heavy atom. The average molecular weight is 610 g/mol. The molecule has 9 heteroatoms. The van der Waals surface area contributed by atoms with Crippen molar-refractivity contribution in [3.05, 3.63) is 108 Å². The minimum Gasteiger partial charge on any atom is -0.493 e. The van der Waals surface area contributed by atoms with Gasteiger partial charge in [-0.05, 0) is 86.7 Å². The number of nitrogens with one attached hydrogen (secondary N) is 2. The van der Waals surface area contributed by atoms with Gasteiger partial charge in [0.1, 0.15) is 23.5 Å². The van der Waals surface area contributed by atoms with Crippen LogP contribution in [0.3, 0.4) is 0 Å². The van der Waals surface area contributed by atoms with E-state index in [1.165, 1.54) is 19.1 Å². The fourth-order valence-electron chi connectivity index (χ4n) is 4.85. The Morgan fingerprint density at radius 1 is 0.956 bits per heavy atom. The van der Waals surface area contributed by atoms with Gasteiger partial charge in [0.25, 0.3) is 0 Å². The van der Waals surface area contributed by atoms with Crippen LogP contribution in [-0.2, 0) is 16.2 Å². The van der Waals surface area contributed by atoms with Crippen LogP contribution in [0.4, 0.5) is 10.1 Å². The zero-order valence-corrected chi connectivity index (χ0v) is 25.8. The summed E-state index contributed by atoms with van der Waals surface area (Å²) < 4.78 is 31.1. The quantitative estimate of drug-likeness (QED) is 0.125. The molecule has 8 nitrogen and oxygen atoms in total. The predicted molar refractivity (Wildman–Crippen MR) is 172 cm³/mol. The van der Waals surface area contributed by atoms with E-state index < -0.39 is 5.41 Å². The fraction of sp³-hybridized carbons (Fsp3) is 0.250. The molecule has 2 N–H and O–H groups in total. The van der Waals surface area contributed by atoms with Crippen LogP contribution < -0.4 is 24.8 Å². The van der Waals surface area contributed by atoms with E-state index in [-0.39, 0.29) is 17.6 Å². The van der Waals surface area contributed by atoms with E-state index >= 15 is 0 Å². The van der Waals surface area contributed by atoms with Gasteiger partial charge in [-0.15, -0.1) is 0 Å². The van der Waals surface area contributed by atoms with Crippen LogP contribution >= 0.6 is 0 Å². The molecule has 0 atom stereocenters. The molecule has 0 bridgehead atoms. The Kier molecular flexibility index (Phi) is 9.47. The molecule has 232 valence electrons. The number of amides is 2. The smallest absolute Gasteiger partial charge is 0.240 e. The molecule has 0 aliphatic heterocycles. The SMILES string of the molecule is CC/C(=C\C=C(/C)F)NC(=O)C1(C(=O)Nc2ccc(Oc3ccnc4cc(OCc5ccccc5)c(OC)cc34)c(C)c2)CC1. The second-order valence-corrected chi connectivity index (χ2v) is 11.0. The number of allylic oxidation sites excluding steroid dienone is 4. The third-order valence-electron chi connectivity index (χ3n) is 7.67. The highest BCUT2D eigenvalue weighted by molar-refractivity contribution is 6.13. The summed E-state index contributed by atoms with van der Waals surface area (Å²) in [4.78, 5) is 30.7. The van der Waals surface area contributed by atoms with Crippen LogP contribution in [0.25, 0.3) is 10.9 Å². The molecule has 0 spiro atoms. The van der Waals surface area contributed by atoms with Gasteiger partial charge in [0.05, 0.1) is 18.5 Å². The van der Waals surface area contributed by atoms with E-state index in [0.29, 0.717) is 65.8 Å². The summed E-state index contributed by atoms with van der Waals surface area (Å²) in [7, 11) is 1.59. The maximum Gasteiger partial charge on any atom is 0.240 e. The molecule has 5 rings (SSSR count). The Labute approximate surface area is 261 Å². The molecular formula is C36H36FN3O5. The third kappa shape index (κ3) is 7.32. The zero-order chi connectivity index (χ0) is 32.0. The first kappa shape index (κ1) is 31.3. The molecule has 1 aliphatic rings. The first-order chi connectivity index (χ1) is 21.7. The number of rotatable bonds is 12. The van der Waals surface area contributed by atoms with Crippen LogP contribution in [0.1, 0.15) is 44.2 Å². The summed E-state index contributed by atoms with van der Waals surface area (Å²) in [5, 5.41) is 6.42. The van der Waals surface area contributed by atoms with Gasteiger partial charge in [0.2, 0.25) is 11.8 Å². The van der Waals surface area contributed by atoms with E-state index in [9.17, 15) is 14.0 Å². The van der Waals surface area contributed by atoms with Gasteiger partial charge >= 0.3 is 0 Å². The number of pyridine rings is 1. The first-order valence-corrected chi connectivity index (χ1v) is 14.8. The number of nitrogens with zero attached hydrogens (tertiary/aromatic N) is 1. The van der Waals surface area contributed by atoms with Gasteiger partial charge in [-0.3, -0.25) is 14.6 Å². The number of fused-ring (bicyclic) bond motifs is 1. The second-order valence-electron chi connectivity index (χ2n) is 11.0. The maximum atomic E-state index is 13.2. The standard InChI is InChI=1S/C36H36FN3O5/c1-5-26(12-11-24(3)37)39-34(41)36(16-17-36)35(42)40-27-13-14-30(23(2)19-27)45-31-15-18-38-29-21-33(32(43-4)20-28(29)31)44-22-25-9-7-6-8-10-25/h6-15,18-21H,5,16-17,22H2,1-4H3,(H,39,41)(H,40,42)/b24-11+,26-12+. The number of aromatic nitrogens is 1. The van der Waals surface area contributed by atoms with Crippen LogP contribution in [0, 0.1) is 12.3 Å². The van der Waals surface area contributed by atoms with Crippen molar-refractivity contribution in [1.29, 1.82) is 0 Å². The Hall–Kier alpha value is -5.18. The number of carbonyl (C=O) groups excluding carboxylic acids is 2. The van der Waals surface area contributed by atoms with Crippen molar-refractivity contribution >= 4 is 28.4 Å². The van der Waals surface area contributed by atoms with Crippen LogP contribution in [0.2, 0.25) is 0 Å². The highest BCUT2D eigenvalue weighted by atomic mass is 19.1. The molecule has 1 saturated carbocycles. The lowest BCUT2D eigenvalue weighted by Gasteiger charge is -2.17. The van der Waals surface area contributed by atoms with E-state index in [0.717, 1.165) is 16.5 Å². The van der Waals surface area contributed by atoms with Crippen molar-refractivity contribution in [1.82, 2.24) is 10.3 Å². The van der Waals surface area contributed by atoms with Crippen molar-refractivity contribution in [2.45, 2.75) is 46.6 Å². The van der Waals surface area contributed by atoms with Gasteiger partial charge in [0.15, 0.2) is 11.5 Å². The summed E-state index contributed by atoms with van der Waals surface area (Å²) in [6, 6.07) is 20.6. The Balaban J connectivity index is 1.29. The first-order valence-electron chi connectivity index (χ1n) is 14.8. The lowest BCUT2D eigenvalue weighted by Crippen LogP contribution is -2.39. The monoisotopic (exact) mass is 609 g/mol. The maximum absolute atomic E-state index is 13.2. The van der Waals surface area contributed by atoms with Crippen molar-refractivity contribution < 1.29 is 28.2 Å². The molecule has 1 heterocycles. The second kappa shape index (κ2) is 13.6.